The molecule has 1 unspecified atom stereocenters. The molecule has 0 aliphatic carbocycles. The number of methoxy groups -OCH3 is 1. The SMILES string of the molecule is CCCNC(=O)C(C)N(Cc1ccc(OC)cc1)C(=O)CSCc1ccc(Br)cc1. The van der Waals surface area contributed by atoms with E-state index in [1.54, 1.807) is 30.7 Å². The lowest BCUT2D eigenvalue weighted by molar-refractivity contribution is -0.138. The molecule has 0 radical (unpaired) electrons. The number of nitrogens with one attached hydrogen (secondary N) is 1. The van der Waals surface area contributed by atoms with Gasteiger partial charge in [0.1, 0.15) is 11.8 Å². The van der Waals surface area contributed by atoms with E-state index in [-0.39, 0.29) is 11.8 Å². The van der Waals surface area contributed by atoms with E-state index in [1.165, 1.54) is 0 Å². The first-order chi connectivity index (χ1) is 14.4. The highest BCUT2D eigenvalue weighted by Crippen LogP contribution is 2.19. The second-order valence-electron chi connectivity index (χ2n) is 6.96. The van der Waals surface area contributed by atoms with Crippen molar-refractivity contribution < 1.29 is 14.3 Å². The van der Waals surface area contributed by atoms with Crippen molar-refractivity contribution in [3.05, 3.63) is 64.1 Å². The molecule has 0 bridgehead atoms. The largest absolute Gasteiger partial charge is 0.497 e. The van der Waals surface area contributed by atoms with Gasteiger partial charge in [0.15, 0.2) is 0 Å². The van der Waals surface area contributed by atoms with Gasteiger partial charge in [0.25, 0.3) is 0 Å². The molecule has 2 rings (SSSR count). The minimum atomic E-state index is -0.542. The third-order valence-electron chi connectivity index (χ3n) is 4.64. The van der Waals surface area contributed by atoms with Gasteiger partial charge in [-0.1, -0.05) is 47.1 Å². The van der Waals surface area contributed by atoms with Gasteiger partial charge in [-0.05, 0) is 48.7 Å². The van der Waals surface area contributed by atoms with E-state index in [1.807, 2.05) is 55.5 Å². The minimum Gasteiger partial charge on any atom is -0.497 e. The summed E-state index contributed by atoms with van der Waals surface area (Å²) in [6.07, 6.45) is 0.855. The van der Waals surface area contributed by atoms with Gasteiger partial charge in [-0.15, -0.1) is 11.8 Å². The van der Waals surface area contributed by atoms with E-state index in [0.29, 0.717) is 18.8 Å². The molecule has 0 aliphatic rings. The van der Waals surface area contributed by atoms with Gasteiger partial charge in [0.2, 0.25) is 11.8 Å². The van der Waals surface area contributed by atoms with Crippen LogP contribution in [0.25, 0.3) is 0 Å². The van der Waals surface area contributed by atoms with E-state index >= 15 is 0 Å². The lowest BCUT2D eigenvalue weighted by Crippen LogP contribution is -2.48. The Hall–Kier alpha value is -1.99. The van der Waals surface area contributed by atoms with Gasteiger partial charge >= 0.3 is 0 Å². The Kier molecular flexibility index (Phi) is 10.2. The molecule has 0 heterocycles. The first-order valence-corrected chi connectivity index (χ1v) is 11.9. The lowest BCUT2D eigenvalue weighted by Gasteiger charge is -2.28. The van der Waals surface area contributed by atoms with E-state index in [4.69, 9.17) is 4.74 Å². The highest BCUT2D eigenvalue weighted by Gasteiger charge is 2.25. The molecule has 7 heteroatoms. The molecule has 2 aromatic carbocycles. The van der Waals surface area contributed by atoms with Crippen LogP contribution in [0.15, 0.2) is 53.0 Å². The van der Waals surface area contributed by atoms with Crippen LogP contribution in [-0.2, 0) is 21.9 Å². The van der Waals surface area contributed by atoms with Crippen LogP contribution in [0.2, 0.25) is 0 Å². The fraction of sp³-hybridized carbons (Fsp3) is 0.391. The zero-order chi connectivity index (χ0) is 21.9. The Labute approximate surface area is 191 Å². The van der Waals surface area contributed by atoms with Crippen LogP contribution in [0.5, 0.6) is 5.75 Å². The summed E-state index contributed by atoms with van der Waals surface area (Å²) in [5, 5.41) is 2.89. The first kappa shape index (κ1) is 24.3. The maximum absolute atomic E-state index is 13.0. The standard InChI is InChI=1S/C23H29BrN2O3S/c1-4-13-25-23(28)17(2)26(14-18-7-11-21(29-3)12-8-18)22(27)16-30-15-19-5-9-20(24)10-6-19/h5-12,17H,4,13-16H2,1-3H3,(H,25,28). The Morgan fingerprint density at radius 2 is 1.73 bits per heavy atom. The predicted octanol–water partition coefficient (Wildman–Crippen LogP) is 4.63. The summed E-state index contributed by atoms with van der Waals surface area (Å²) < 4.78 is 6.24. The third kappa shape index (κ3) is 7.69. The third-order valence-corrected chi connectivity index (χ3v) is 6.15. The molecular weight excluding hydrogens is 464 g/mol. The summed E-state index contributed by atoms with van der Waals surface area (Å²) in [5.41, 5.74) is 2.11. The molecule has 0 aromatic heterocycles. The van der Waals surface area contributed by atoms with Gasteiger partial charge < -0.3 is 15.0 Å². The van der Waals surface area contributed by atoms with Crippen LogP contribution < -0.4 is 10.1 Å². The van der Waals surface area contributed by atoms with Crippen molar-refractivity contribution >= 4 is 39.5 Å². The Morgan fingerprint density at radius 1 is 1.10 bits per heavy atom. The van der Waals surface area contributed by atoms with Crippen molar-refractivity contribution in [1.29, 1.82) is 0 Å². The van der Waals surface area contributed by atoms with Gasteiger partial charge in [-0.25, -0.2) is 0 Å². The van der Waals surface area contributed by atoms with Crippen molar-refractivity contribution in [1.82, 2.24) is 10.2 Å². The molecular formula is C23H29BrN2O3S. The minimum absolute atomic E-state index is 0.0490. The van der Waals surface area contributed by atoms with Crippen LogP contribution in [0.3, 0.4) is 0 Å². The molecule has 5 nitrogen and oxygen atoms in total. The van der Waals surface area contributed by atoms with Crippen LogP contribution in [0.4, 0.5) is 0 Å². The fourth-order valence-corrected chi connectivity index (χ4v) is 3.96. The van der Waals surface area contributed by atoms with E-state index < -0.39 is 6.04 Å². The normalized spacial score (nSPS) is 11.6. The maximum atomic E-state index is 13.0. The number of nitrogens with zero attached hydrogens (tertiary/aromatic N) is 1. The molecule has 1 atom stereocenters. The molecule has 0 saturated carbocycles. The summed E-state index contributed by atoms with van der Waals surface area (Å²) in [5.74, 6) is 1.64. The van der Waals surface area contributed by atoms with Gasteiger partial charge in [-0.2, -0.15) is 0 Å². The summed E-state index contributed by atoms with van der Waals surface area (Å²) in [6, 6.07) is 15.1. The number of thioether (sulfide) groups is 1. The zero-order valence-electron chi connectivity index (χ0n) is 17.7. The number of carbonyl (C=O) groups excluding carboxylic acids is 2. The number of rotatable bonds is 11. The number of carbonyl (C=O) groups is 2. The summed E-state index contributed by atoms with van der Waals surface area (Å²) in [4.78, 5) is 27.2. The molecule has 0 saturated heterocycles. The molecule has 30 heavy (non-hydrogen) atoms. The Balaban J connectivity index is 2.04. The Bertz CT molecular complexity index is 812. The zero-order valence-corrected chi connectivity index (χ0v) is 20.1. The van der Waals surface area contributed by atoms with Crippen molar-refractivity contribution in [3.63, 3.8) is 0 Å². The number of hydrogen-bond acceptors (Lipinski definition) is 4. The molecule has 2 amide bonds. The van der Waals surface area contributed by atoms with E-state index in [0.717, 1.165) is 33.5 Å². The predicted molar refractivity (Wildman–Crippen MR) is 127 cm³/mol. The Morgan fingerprint density at radius 3 is 2.33 bits per heavy atom. The highest BCUT2D eigenvalue weighted by molar-refractivity contribution is 9.10. The number of ether oxygens (including phenoxy) is 1. The smallest absolute Gasteiger partial charge is 0.242 e. The van der Waals surface area contributed by atoms with Crippen LogP contribution in [-0.4, -0.2) is 42.2 Å². The highest BCUT2D eigenvalue weighted by atomic mass is 79.9. The summed E-state index contributed by atoms with van der Waals surface area (Å²) >= 11 is 4.98. The second kappa shape index (κ2) is 12.6. The van der Waals surface area contributed by atoms with Crippen molar-refractivity contribution in [3.8, 4) is 5.75 Å². The van der Waals surface area contributed by atoms with E-state index in [2.05, 4.69) is 21.2 Å². The molecule has 2 aromatic rings. The molecule has 162 valence electrons. The number of benzene rings is 2. The number of amides is 2. The van der Waals surface area contributed by atoms with Crippen LogP contribution in [0, 0.1) is 0 Å². The van der Waals surface area contributed by atoms with Crippen molar-refractivity contribution in [2.45, 2.75) is 38.6 Å². The monoisotopic (exact) mass is 492 g/mol. The topological polar surface area (TPSA) is 58.6 Å². The molecule has 0 aliphatic heterocycles. The number of halogens is 1. The van der Waals surface area contributed by atoms with Gasteiger partial charge in [0.05, 0.1) is 12.9 Å². The quantitative estimate of drug-likeness (QED) is 0.496. The summed E-state index contributed by atoms with van der Waals surface area (Å²) in [7, 11) is 1.62. The average molecular weight is 493 g/mol. The molecule has 1 N–H and O–H groups in total. The average Bonchev–Trinajstić information content (AvgIpc) is 2.77. The number of hydrogen-bond donors (Lipinski definition) is 1. The van der Waals surface area contributed by atoms with Gasteiger partial charge in [-0.3, -0.25) is 9.59 Å². The van der Waals surface area contributed by atoms with Crippen LogP contribution >= 0.6 is 27.7 Å². The molecule has 0 fully saturated rings. The van der Waals surface area contributed by atoms with Crippen molar-refractivity contribution in [2.24, 2.45) is 0 Å². The lowest BCUT2D eigenvalue weighted by atomic mass is 10.1. The maximum Gasteiger partial charge on any atom is 0.242 e. The van der Waals surface area contributed by atoms with E-state index in [9.17, 15) is 9.59 Å². The van der Waals surface area contributed by atoms with Crippen molar-refractivity contribution in [2.75, 3.05) is 19.4 Å². The van der Waals surface area contributed by atoms with Gasteiger partial charge in [0, 0.05) is 23.3 Å². The fourth-order valence-electron chi connectivity index (χ4n) is 2.83. The molecule has 0 spiro atoms. The van der Waals surface area contributed by atoms with Crippen LogP contribution in [0.1, 0.15) is 31.4 Å². The second-order valence-corrected chi connectivity index (χ2v) is 8.86. The first-order valence-electron chi connectivity index (χ1n) is 9.97. The summed E-state index contributed by atoms with van der Waals surface area (Å²) in [6.45, 7) is 4.77.